The molecule has 1 saturated carbocycles. The summed E-state index contributed by atoms with van der Waals surface area (Å²) >= 11 is 0. The van der Waals surface area contributed by atoms with Crippen LogP contribution < -0.4 is 4.90 Å². The fourth-order valence-electron chi connectivity index (χ4n) is 6.80. The lowest BCUT2D eigenvalue weighted by Gasteiger charge is -2.40. The van der Waals surface area contributed by atoms with Gasteiger partial charge >= 0.3 is 0 Å². The number of piperidine rings is 1. The number of hydrogen-bond acceptors (Lipinski definition) is 2. The van der Waals surface area contributed by atoms with Crippen molar-refractivity contribution >= 4 is 23.8 Å². The number of nitrogens with zero attached hydrogens (tertiary/aromatic N) is 2. The number of likely N-dealkylation sites (tertiary alicyclic amines) is 1. The molecule has 2 atom stereocenters. The summed E-state index contributed by atoms with van der Waals surface area (Å²) in [5, 5.41) is 0. The van der Waals surface area contributed by atoms with E-state index in [0.29, 0.717) is 12.0 Å². The van der Waals surface area contributed by atoms with Gasteiger partial charge in [-0.15, -0.1) is 12.4 Å². The zero-order chi connectivity index (χ0) is 19.2. The highest BCUT2D eigenvalue weighted by atomic mass is 35.5. The number of rotatable bonds is 2. The predicted molar refractivity (Wildman–Crippen MR) is 128 cm³/mol. The third-order valence-electron chi connectivity index (χ3n) is 8.19. The monoisotopic (exact) mass is 422 g/mol. The van der Waals surface area contributed by atoms with E-state index in [1.54, 1.807) is 16.8 Å². The van der Waals surface area contributed by atoms with Gasteiger partial charge in [0, 0.05) is 43.0 Å². The van der Waals surface area contributed by atoms with E-state index in [2.05, 4.69) is 52.3 Å². The minimum atomic E-state index is 0. The van der Waals surface area contributed by atoms with Crippen molar-refractivity contribution in [3.63, 3.8) is 0 Å². The number of para-hydroxylation sites is 2. The van der Waals surface area contributed by atoms with Gasteiger partial charge in [0.15, 0.2) is 0 Å². The van der Waals surface area contributed by atoms with E-state index in [4.69, 9.17) is 0 Å². The van der Waals surface area contributed by atoms with E-state index in [0.717, 1.165) is 5.92 Å². The quantitative estimate of drug-likeness (QED) is 0.510. The molecule has 2 aromatic rings. The first-order valence-corrected chi connectivity index (χ1v) is 12.1. The smallest absolute Gasteiger partial charge is 0.0483 e. The maximum Gasteiger partial charge on any atom is 0.0483 e. The summed E-state index contributed by atoms with van der Waals surface area (Å²) in [5.41, 5.74) is 7.81. The van der Waals surface area contributed by atoms with E-state index in [1.165, 1.54) is 88.7 Å². The Morgan fingerprint density at radius 2 is 1.57 bits per heavy atom. The van der Waals surface area contributed by atoms with Crippen LogP contribution in [0.3, 0.4) is 0 Å². The van der Waals surface area contributed by atoms with Crippen molar-refractivity contribution in [3.05, 3.63) is 59.2 Å². The summed E-state index contributed by atoms with van der Waals surface area (Å²) in [4.78, 5) is 5.59. The van der Waals surface area contributed by atoms with Gasteiger partial charge in [-0.25, -0.2) is 0 Å². The second-order valence-electron chi connectivity index (χ2n) is 9.93. The second kappa shape index (κ2) is 8.55. The van der Waals surface area contributed by atoms with Gasteiger partial charge in [0.1, 0.15) is 0 Å². The largest absolute Gasteiger partial charge is 0.337 e. The van der Waals surface area contributed by atoms with Crippen LogP contribution in [0.1, 0.15) is 67.6 Å². The summed E-state index contributed by atoms with van der Waals surface area (Å²) in [5.74, 6) is 1.62. The van der Waals surface area contributed by atoms with Crippen LogP contribution >= 0.6 is 12.4 Å². The maximum absolute atomic E-state index is 2.83. The Kier molecular flexibility index (Phi) is 5.82. The predicted octanol–water partition coefficient (Wildman–Crippen LogP) is 6.49. The van der Waals surface area contributed by atoms with Crippen LogP contribution in [-0.2, 0) is 12.8 Å². The SMILES string of the molecule is Cl.c1ccc2c(c1)CCc1cccc3c1N2C1CCN(CC2CCCCCC2)CC31. The van der Waals surface area contributed by atoms with Crippen molar-refractivity contribution in [2.24, 2.45) is 5.92 Å². The molecular weight excluding hydrogens is 388 g/mol. The molecule has 6 rings (SSSR count). The Bertz CT molecular complexity index is 886. The first kappa shape index (κ1) is 20.4. The van der Waals surface area contributed by atoms with Crippen LogP contribution in [0.25, 0.3) is 0 Å². The first-order chi connectivity index (χ1) is 14.4. The maximum atomic E-state index is 2.83. The summed E-state index contributed by atoms with van der Waals surface area (Å²) in [6, 6.07) is 17.0. The molecule has 0 spiro atoms. The molecule has 3 heterocycles. The topological polar surface area (TPSA) is 6.48 Å². The number of fused-ring (bicyclic) bond motifs is 5. The van der Waals surface area contributed by atoms with Crippen molar-refractivity contribution in [1.82, 2.24) is 4.90 Å². The molecule has 30 heavy (non-hydrogen) atoms. The van der Waals surface area contributed by atoms with Crippen LogP contribution in [0, 0.1) is 5.92 Å². The van der Waals surface area contributed by atoms with Gasteiger partial charge in [-0.3, -0.25) is 0 Å². The minimum absolute atomic E-state index is 0. The van der Waals surface area contributed by atoms with Crippen LogP contribution in [0.5, 0.6) is 0 Å². The highest BCUT2D eigenvalue weighted by Gasteiger charge is 2.44. The molecule has 2 unspecified atom stereocenters. The minimum Gasteiger partial charge on any atom is -0.337 e. The molecule has 0 amide bonds. The zero-order valence-electron chi connectivity index (χ0n) is 18.1. The van der Waals surface area contributed by atoms with Gasteiger partial charge < -0.3 is 9.80 Å². The van der Waals surface area contributed by atoms with Crippen LogP contribution in [0.15, 0.2) is 42.5 Å². The Morgan fingerprint density at radius 3 is 2.43 bits per heavy atom. The van der Waals surface area contributed by atoms with Gasteiger partial charge in [-0.2, -0.15) is 0 Å². The molecule has 0 radical (unpaired) electrons. The van der Waals surface area contributed by atoms with Crippen molar-refractivity contribution < 1.29 is 0 Å². The molecule has 160 valence electrons. The third kappa shape index (κ3) is 3.46. The van der Waals surface area contributed by atoms with Crippen molar-refractivity contribution in [2.75, 3.05) is 24.5 Å². The van der Waals surface area contributed by atoms with E-state index in [-0.39, 0.29) is 12.4 Å². The Hall–Kier alpha value is -1.51. The third-order valence-corrected chi connectivity index (χ3v) is 8.19. The molecule has 1 saturated heterocycles. The zero-order valence-corrected chi connectivity index (χ0v) is 18.9. The van der Waals surface area contributed by atoms with Crippen molar-refractivity contribution in [3.8, 4) is 0 Å². The normalized spacial score (nSPS) is 26.1. The number of hydrogen-bond donors (Lipinski definition) is 0. The van der Waals surface area contributed by atoms with E-state index < -0.39 is 0 Å². The van der Waals surface area contributed by atoms with Crippen LogP contribution in [0.2, 0.25) is 0 Å². The number of anilines is 2. The van der Waals surface area contributed by atoms with Crippen molar-refractivity contribution in [1.29, 1.82) is 0 Å². The lowest BCUT2D eigenvalue weighted by atomic mass is 9.87. The summed E-state index contributed by atoms with van der Waals surface area (Å²) in [7, 11) is 0. The lowest BCUT2D eigenvalue weighted by molar-refractivity contribution is 0.163. The van der Waals surface area contributed by atoms with Crippen LogP contribution in [-0.4, -0.2) is 30.6 Å². The standard InChI is InChI=1S/C27H34N2.ClH/c1-2-4-9-20(8-3-1)18-28-17-16-26-24(19-28)23-12-7-11-22-15-14-21-10-5-6-13-25(21)29(26)27(22)23;/h5-7,10-13,20,24,26H,1-4,8-9,14-19H2;1H. The van der Waals surface area contributed by atoms with Gasteiger partial charge in [0.05, 0.1) is 0 Å². The highest BCUT2D eigenvalue weighted by molar-refractivity contribution is 5.85. The first-order valence-electron chi connectivity index (χ1n) is 12.1. The summed E-state index contributed by atoms with van der Waals surface area (Å²) < 4.78 is 0. The second-order valence-corrected chi connectivity index (χ2v) is 9.93. The fraction of sp³-hybridized carbons (Fsp3) is 0.556. The number of aryl methyl sites for hydroxylation is 2. The van der Waals surface area contributed by atoms with Gasteiger partial charge in [0.2, 0.25) is 0 Å². The molecular formula is C27H35ClN2. The molecule has 2 aromatic carbocycles. The Labute approximate surface area is 188 Å². The summed E-state index contributed by atoms with van der Waals surface area (Å²) in [6.07, 6.45) is 12.4. The molecule has 3 aliphatic heterocycles. The summed E-state index contributed by atoms with van der Waals surface area (Å²) in [6.45, 7) is 3.88. The molecule has 4 aliphatic rings. The van der Waals surface area contributed by atoms with Gasteiger partial charge in [-0.05, 0) is 60.8 Å². The Balaban J connectivity index is 0.00000193. The number of benzene rings is 2. The van der Waals surface area contributed by atoms with E-state index in [1.807, 2.05) is 0 Å². The van der Waals surface area contributed by atoms with E-state index in [9.17, 15) is 0 Å². The number of halogens is 1. The molecule has 2 fully saturated rings. The molecule has 2 nitrogen and oxygen atoms in total. The fourth-order valence-corrected chi connectivity index (χ4v) is 6.80. The molecule has 3 heteroatoms. The average Bonchev–Trinajstić information content (AvgIpc) is 2.91. The van der Waals surface area contributed by atoms with E-state index >= 15 is 0 Å². The molecule has 0 aromatic heterocycles. The van der Waals surface area contributed by atoms with Gasteiger partial charge in [-0.1, -0.05) is 62.1 Å². The van der Waals surface area contributed by atoms with Crippen molar-refractivity contribution in [2.45, 2.75) is 69.7 Å². The lowest BCUT2D eigenvalue weighted by Crippen LogP contribution is -2.46. The molecule has 0 N–H and O–H groups in total. The van der Waals surface area contributed by atoms with Crippen LogP contribution in [0.4, 0.5) is 11.4 Å². The molecule has 0 bridgehead atoms. The average molecular weight is 423 g/mol. The molecule has 1 aliphatic carbocycles. The van der Waals surface area contributed by atoms with Gasteiger partial charge in [0.25, 0.3) is 0 Å². The highest BCUT2D eigenvalue weighted by Crippen LogP contribution is 2.52. The Morgan fingerprint density at radius 1 is 0.800 bits per heavy atom.